The normalized spacial score (nSPS) is 16.9. The molecule has 0 bridgehead atoms. The summed E-state index contributed by atoms with van der Waals surface area (Å²) in [6, 6.07) is 11.9. The molecule has 6 heteroatoms. The molecule has 1 aliphatic rings. The van der Waals surface area contributed by atoms with Crippen LogP contribution in [0.2, 0.25) is 0 Å². The summed E-state index contributed by atoms with van der Waals surface area (Å²) in [6.07, 6.45) is 1.77. The number of nitrogens with zero attached hydrogens (tertiary/aromatic N) is 3. The van der Waals surface area contributed by atoms with Gasteiger partial charge in [-0.15, -0.1) is 0 Å². The summed E-state index contributed by atoms with van der Waals surface area (Å²) >= 11 is 0. The molecule has 0 saturated heterocycles. The molecule has 2 aromatic carbocycles. The Labute approximate surface area is 133 Å². The van der Waals surface area contributed by atoms with Crippen molar-refractivity contribution in [2.75, 3.05) is 11.9 Å². The summed E-state index contributed by atoms with van der Waals surface area (Å²) < 4.78 is 7.59. The maximum atomic E-state index is 12.1. The molecule has 1 aromatic heterocycles. The van der Waals surface area contributed by atoms with E-state index in [1.165, 1.54) is 6.33 Å². The fourth-order valence-corrected chi connectivity index (χ4v) is 3.13. The van der Waals surface area contributed by atoms with Crippen molar-refractivity contribution in [3.05, 3.63) is 48.3 Å². The molecule has 2 heterocycles. The molecule has 1 N–H and O–H groups in total. The molecular weight excluding hydrogens is 292 g/mol. The second-order valence-corrected chi connectivity index (χ2v) is 5.43. The van der Waals surface area contributed by atoms with Gasteiger partial charge in [0.1, 0.15) is 12.1 Å². The molecule has 3 aromatic rings. The average Bonchev–Trinajstić information content (AvgIpc) is 3.02. The summed E-state index contributed by atoms with van der Waals surface area (Å²) in [6.45, 7) is 2.52. The van der Waals surface area contributed by atoms with E-state index in [1.54, 1.807) is 4.68 Å². The summed E-state index contributed by atoms with van der Waals surface area (Å²) in [7, 11) is 0. The van der Waals surface area contributed by atoms with Crippen LogP contribution < -0.4 is 10.1 Å². The largest absolute Gasteiger partial charge is 0.493 e. The van der Waals surface area contributed by atoms with Crippen molar-refractivity contribution in [3.8, 4) is 5.75 Å². The van der Waals surface area contributed by atoms with Crippen LogP contribution in [0.4, 0.5) is 5.95 Å². The van der Waals surface area contributed by atoms with E-state index in [0.717, 1.165) is 22.1 Å². The zero-order valence-corrected chi connectivity index (χ0v) is 12.7. The van der Waals surface area contributed by atoms with Gasteiger partial charge in [-0.25, -0.2) is 4.68 Å². The van der Waals surface area contributed by atoms with Crippen LogP contribution in [0.3, 0.4) is 0 Å². The molecule has 0 aliphatic carbocycles. The lowest BCUT2D eigenvalue weighted by molar-refractivity contribution is -0.117. The molecular formula is C17H16N4O2. The number of aromatic nitrogens is 3. The first-order valence-corrected chi connectivity index (χ1v) is 7.61. The summed E-state index contributed by atoms with van der Waals surface area (Å²) in [4.78, 5) is 16.2. The molecule has 6 nitrogen and oxygen atoms in total. The number of rotatable bonds is 3. The van der Waals surface area contributed by atoms with E-state index in [-0.39, 0.29) is 11.9 Å². The van der Waals surface area contributed by atoms with Crippen LogP contribution >= 0.6 is 0 Å². The van der Waals surface area contributed by atoms with E-state index < -0.39 is 0 Å². The quantitative estimate of drug-likeness (QED) is 0.808. The van der Waals surface area contributed by atoms with Gasteiger partial charge in [0.05, 0.1) is 19.1 Å². The third kappa shape index (κ3) is 2.23. The highest BCUT2D eigenvalue weighted by Gasteiger charge is 2.31. The summed E-state index contributed by atoms with van der Waals surface area (Å²) in [5.41, 5.74) is 0.978. The zero-order chi connectivity index (χ0) is 15.8. The van der Waals surface area contributed by atoms with Crippen LogP contribution in [0.15, 0.2) is 42.7 Å². The Kier molecular flexibility index (Phi) is 3.22. The van der Waals surface area contributed by atoms with Gasteiger partial charge in [0, 0.05) is 5.56 Å². The van der Waals surface area contributed by atoms with Crippen molar-refractivity contribution in [3.63, 3.8) is 0 Å². The molecule has 0 unspecified atom stereocenters. The van der Waals surface area contributed by atoms with Gasteiger partial charge in [-0.1, -0.05) is 30.3 Å². The molecule has 0 saturated carbocycles. The number of ether oxygens (including phenoxy) is 1. The lowest BCUT2D eigenvalue weighted by atomic mass is 9.94. The van der Waals surface area contributed by atoms with Crippen molar-refractivity contribution in [2.24, 2.45) is 0 Å². The second kappa shape index (κ2) is 5.39. The minimum atomic E-state index is -0.228. The van der Waals surface area contributed by atoms with Crippen LogP contribution in [0.5, 0.6) is 5.75 Å². The Morgan fingerprint density at radius 1 is 1.30 bits per heavy atom. The molecule has 1 aliphatic heterocycles. The maximum Gasteiger partial charge on any atom is 0.229 e. The van der Waals surface area contributed by atoms with Crippen LogP contribution in [-0.4, -0.2) is 27.3 Å². The van der Waals surface area contributed by atoms with Gasteiger partial charge >= 0.3 is 0 Å². The number of carbonyl (C=O) groups is 1. The first-order chi connectivity index (χ1) is 11.3. The van der Waals surface area contributed by atoms with Gasteiger partial charge in [0.2, 0.25) is 11.9 Å². The molecule has 0 fully saturated rings. The van der Waals surface area contributed by atoms with Gasteiger partial charge in [0.25, 0.3) is 0 Å². The van der Waals surface area contributed by atoms with Crippen LogP contribution in [0.25, 0.3) is 10.8 Å². The molecule has 1 atom stereocenters. The van der Waals surface area contributed by atoms with E-state index in [4.69, 9.17) is 4.74 Å². The number of benzene rings is 2. The number of hydrogen-bond donors (Lipinski definition) is 1. The van der Waals surface area contributed by atoms with E-state index in [9.17, 15) is 4.79 Å². The average molecular weight is 308 g/mol. The maximum absolute atomic E-state index is 12.1. The number of anilines is 1. The smallest absolute Gasteiger partial charge is 0.229 e. The number of amides is 1. The van der Waals surface area contributed by atoms with Crippen molar-refractivity contribution < 1.29 is 9.53 Å². The highest BCUT2D eigenvalue weighted by Crippen LogP contribution is 2.39. The molecule has 1 amide bonds. The Morgan fingerprint density at radius 3 is 3.04 bits per heavy atom. The zero-order valence-electron chi connectivity index (χ0n) is 12.7. The molecule has 23 heavy (non-hydrogen) atoms. The standard InChI is InChI=1S/C17H16N4O2/c1-2-23-14-8-7-11-5-3-4-6-12(11)16(14)13-9-15(22)20-17-18-10-19-21(13)17/h3-8,10,13H,2,9H2,1H3,(H,18,19,20,22)/t13-/m1/s1. The van der Waals surface area contributed by atoms with Gasteiger partial charge in [-0.2, -0.15) is 10.1 Å². The fraction of sp³-hybridized carbons (Fsp3) is 0.235. The van der Waals surface area contributed by atoms with E-state index in [1.807, 2.05) is 31.2 Å². The minimum absolute atomic E-state index is 0.0640. The van der Waals surface area contributed by atoms with Crippen molar-refractivity contribution >= 4 is 22.6 Å². The Balaban J connectivity index is 1.98. The summed E-state index contributed by atoms with van der Waals surface area (Å²) in [5, 5.41) is 9.22. The van der Waals surface area contributed by atoms with Gasteiger partial charge in [0.15, 0.2) is 0 Å². The van der Waals surface area contributed by atoms with E-state index in [2.05, 4.69) is 27.5 Å². The van der Waals surface area contributed by atoms with Crippen LogP contribution in [-0.2, 0) is 4.79 Å². The Bertz CT molecular complexity index is 887. The SMILES string of the molecule is CCOc1ccc2ccccc2c1[C@H]1CC(=O)Nc2ncnn21. The first kappa shape index (κ1) is 13.8. The lowest BCUT2D eigenvalue weighted by Crippen LogP contribution is -2.29. The van der Waals surface area contributed by atoms with E-state index in [0.29, 0.717) is 19.0 Å². The minimum Gasteiger partial charge on any atom is -0.493 e. The van der Waals surface area contributed by atoms with Gasteiger partial charge < -0.3 is 4.74 Å². The second-order valence-electron chi connectivity index (χ2n) is 5.43. The number of carbonyl (C=O) groups excluding carboxylic acids is 1. The monoisotopic (exact) mass is 308 g/mol. The van der Waals surface area contributed by atoms with E-state index >= 15 is 0 Å². The third-order valence-corrected chi connectivity index (χ3v) is 4.06. The molecule has 0 spiro atoms. The highest BCUT2D eigenvalue weighted by molar-refractivity contribution is 5.93. The lowest BCUT2D eigenvalue weighted by Gasteiger charge is -2.26. The highest BCUT2D eigenvalue weighted by atomic mass is 16.5. The molecule has 4 rings (SSSR count). The van der Waals surface area contributed by atoms with Crippen LogP contribution in [0, 0.1) is 0 Å². The third-order valence-electron chi connectivity index (χ3n) is 4.06. The number of fused-ring (bicyclic) bond motifs is 2. The van der Waals surface area contributed by atoms with Crippen molar-refractivity contribution in [1.82, 2.24) is 14.8 Å². The predicted octanol–water partition coefficient (Wildman–Crippen LogP) is 2.76. The Hall–Kier alpha value is -2.89. The number of nitrogens with one attached hydrogen (secondary N) is 1. The van der Waals surface area contributed by atoms with Crippen molar-refractivity contribution in [2.45, 2.75) is 19.4 Å². The number of hydrogen-bond acceptors (Lipinski definition) is 4. The first-order valence-electron chi connectivity index (χ1n) is 7.61. The van der Waals surface area contributed by atoms with Crippen molar-refractivity contribution in [1.29, 1.82) is 0 Å². The summed E-state index contributed by atoms with van der Waals surface area (Å²) in [5.74, 6) is 1.19. The van der Waals surface area contributed by atoms with Crippen LogP contribution in [0.1, 0.15) is 24.9 Å². The predicted molar refractivity (Wildman–Crippen MR) is 86.5 cm³/mol. The molecule has 0 radical (unpaired) electrons. The molecule has 116 valence electrons. The topological polar surface area (TPSA) is 69.0 Å². The fourth-order valence-electron chi connectivity index (χ4n) is 3.13. The Morgan fingerprint density at radius 2 is 2.17 bits per heavy atom. The van der Waals surface area contributed by atoms with Gasteiger partial charge in [-0.05, 0) is 23.8 Å². The van der Waals surface area contributed by atoms with Gasteiger partial charge in [-0.3, -0.25) is 10.1 Å².